The Kier molecular flexibility index (Phi) is 4.53. The molecule has 0 unspecified atom stereocenters. The van der Waals surface area contributed by atoms with Gasteiger partial charge in [-0.2, -0.15) is 4.98 Å². The van der Waals surface area contributed by atoms with Crippen molar-refractivity contribution in [1.82, 2.24) is 9.97 Å². The van der Waals surface area contributed by atoms with Crippen LogP contribution < -0.4 is 4.74 Å². The first kappa shape index (κ1) is 14.0. The Labute approximate surface area is 122 Å². The molecule has 2 aromatic rings. The van der Waals surface area contributed by atoms with E-state index in [1.54, 1.807) is 6.07 Å². The van der Waals surface area contributed by atoms with Crippen LogP contribution in [0.5, 0.6) is 11.6 Å². The molecule has 1 aromatic carbocycles. The maximum absolute atomic E-state index is 5.91. The number of aryl methyl sites for hydroxylation is 1. The minimum absolute atomic E-state index is 0.409. The van der Waals surface area contributed by atoms with E-state index in [1.807, 2.05) is 25.1 Å². The van der Waals surface area contributed by atoms with E-state index in [-0.39, 0.29) is 0 Å². The molecule has 0 fully saturated rings. The lowest BCUT2D eigenvalue weighted by Gasteiger charge is -2.13. The van der Waals surface area contributed by atoms with Gasteiger partial charge in [0.2, 0.25) is 5.88 Å². The Morgan fingerprint density at radius 1 is 1.21 bits per heavy atom. The summed E-state index contributed by atoms with van der Waals surface area (Å²) in [5, 5.41) is 0. The van der Waals surface area contributed by atoms with Gasteiger partial charge in [0.15, 0.2) is 0 Å². The van der Waals surface area contributed by atoms with Crippen LogP contribution >= 0.6 is 15.9 Å². The van der Waals surface area contributed by atoms with Crippen molar-refractivity contribution in [2.75, 3.05) is 0 Å². The van der Waals surface area contributed by atoms with Gasteiger partial charge in [-0.25, -0.2) is 4.98 Å². The lowest BCUT2D eigenvalue weighted by molar-refractivity contribution is 0.450. The smallest absolute Gasteiger partial charge is 0.223 e. The highest BCUT2D eigenvalue weighted by molar-refractivity contribution is 9.10. The number of hydrogen-bond acceptors (Lipinski definition) is 3. The maximum Gasteiger partial charge on any atom is 0.223 e. The third-order valence-corrected chi connectivity index (χ3v) is 3.20. The van der Waals surface area contributed by atoms with Crippen molar-refractivity contribution in [3.05, 3.63) is 46.3 Å². The summed E-state index contributed by atoms with van der Waals surface area (Å²) >= 11 is 3.38. The second kappa shape index (κ2) is 6.15. The van der Waals surface area contributed by atoms with E-state index in [0.717, 1.165) is 22.6 Å². The Morgan fingerprint density at radius 3 is 2.63 bits per heavy atom. The fraction of sp³-hybridized carbons (Fsp3) is 0.333. The van der Waals surface area contributed by atoms with E-state index >= 15 is 0 Å². The number of ether oxygens (including phenoxy) is 1. The Bertz CT molecular complexity index is 570. The van der Waals surface area contributed by atoms with Crippen molar-refractivity contribution in [1.29, 1.82) is 0 Å². The molecule has 0 aliphatic heterocycles. The first-order chi connectivity index (χ1) is 9.10. The van der Waals surface area contributed by atoms with Crippen LogP contribution in [0.1, 0.15) is 38.1 Å². The van der Waals surface area contributed by atoms with Gasteiger partial charge in [-0.1, -0.05) is 39.0 Å². The summed E-state index contributed by atoms with van der Waals surface area (Å²) in [5.41, 5.74) is 1.18. The van der Waals surface area contributed by atoms with Crippen LogP contribution in [0.4, 0.5) is 0 Å². The average molecular weight is 321 g/mol. The number of benzene rings is 1. The molecule has 100 valence electrons. The lowest BCUT2D eigenvalue weighted by Crippen LogP contribution is -1.99. The standard InChI is InChI=1S/C15H17BrN2O/c1-4-14-17-13(16)9-15(18-14)19-12-8-6-5-7-11(12)10(2)3/h5-10H,4H2,1-3H3. The lowest BCUT2D eigenvalue weighted by atomic mass is 10.0. The molecule has 19 heavy (non-hydrogen) atoms. The number of rotatable bonds is 4. The highest BCUT2D eigenvalue weighted by Gasteiger charge is 2.10. The highest BCUT2D eigenvalue weighted by Crippen LogP contribution is 2.30. The molecule has 0 spiro atoms. The number of nitrogens with zero attached hydrogens (tertiary/aromatic N) is 2. The molecule has 0 atom stereocenters. The van der Waals surface area contributed by atoms with Crippen LogP contribution in [0, 0.1) is 0 Å². The van der Waals surface area contributed by atoms with Gasteiger partial charge < -0.3 is 4.74 Å². The van der Waals surface area contributed by atoms with Gasteiger partial charge in [0.25, 0.3) is 0 Å². The van der Waals surface area contributed by atoms with Gasteiger partial charge in [0.1, 0.15) is 16.2 Å². The fourth-order valence-corrected chi connectivity index (χ4v) is 2.22. The average Bonchev–Trinajstić information content (AvgIpc) is 2.38. The molecule has 0 radical (unpaired) electrons. The van der Waals surface area contributed by atoms with E-state index in [2.05, 4.69) is 45.8 Å². The molecule has 4 heteroatoms. The van der Waals surface area contributed by atoms with Gasteiger partial charge in [-0.15, -0.1) is 0 Å². The third-order valence-electron chi connectivity index (χ3n) is 2.79. The van der Waals surface area contributed by atoms with E-state index in [9.17, 15) is 0 Å². The molecule has 0 saturated carbocycles. The first-order valence-electron chi connectivity index (χ1n) is 6.40. The number of aromatic nitrogens is 2. The van der Waals surface area contributed by atoms with E-state index in [4.69, 9.17) is 4.74 Å². The van der Waals surface area contributed by atoms with Gasteiger partial charge in [-0.05, 0) is 33.5 Å². The molecule has 1 aromatic heterocycles. The normalized spacial score (nSPS) is 10.8. The number of hydrogen-bond donors (Lipinski definition) is 0. The topological polar surface area (TPSA) is 35.0 Å². The minimum Gasteiger partial charge on any atom is -0.439 e. The molecular formula is C15H17BrN2O. The fourth-order valence-electron chi connectivity index (χ4n) is 1.82. The second-order valence-electron chi connectivity index (χ2n) is 4.59. The van der Waals surface area contributed by atoms with Crippen LogP contribution in [-0.4, -0.2) is 9.97 Å². The number of para-hydroxylation sites is 1. The Balaban J connectivity index is 2.33. The summed E-state index contributed by atoms with van der Waals surface area (Å²) in [7, 11) is 0. The predicted molar refractivity (Wildman–Crippen MR) is 79.7 cm³/mol. The summed E-state index contributed by atoms with van der Waals surface area (Å²) < 4.78 is 6.66. The molecule has 3 nitrogen and oxygen atoms in total. The van der Waals surface area contributed by atoms with Crippen LogP contribution in [0.3, 0.4) is 0 Å². The third kappa shape index (κ3) is 3.53. The molecular weight excluding hydrogens is 304 g/mol. The summed E-state index contributed by atoms with van der Waals surface area (Å²) in [6, 6.07) is 9.83. The van der Waals surface area contributed by atoms with Crippen LogP contribution in [0.15, 0.2) is 34.9 Å². The second-order valence-corrected chi connectivity index (χ2v) is 5.41. The minimum atomic E-state index is 0.409. The van der Waals surface area contributed by atoms with Crippen LogP contribution in [0.25, 0.3) is 0 Å². The van der Waals surface area contributed by atoms with Crippen molar-refractivity contribution in [3.8, 4) is 11.6 Å². The van der Waals surface area contributed by atoms with Crippen molar-refractivity contribution in [3.63, 3.8) is 0 Å². The first-order valence-corrected chi connectivity index (χ1v) is 7.19. The molecule has 2 rings (SSSR count). The van der Waals surface area contributed by atoms with Crippen LogP contribution in [-0.2, 0) is 6.42 Å². The van der Waals surface area contributed by atoms with E-state index in [1.165, 1.54) is 5.56 Å². The summed E-state index contributed by atoms with van der Waals surface area (Å²) in [6.07, 6.45) is 0.779. The van der Waals surface area contributed by atoms with Crippen molar-refractivity contribution < 1.29 is 4.74 Å². The zero-order valence-corrected chi connectivity index (χ0v) is 12.9. The van der Waals surface area contributed by atoms with Gasteiger partial charge in [0.05, 0.1) is 0 Å². The zero-order valence-electron chi connectivity index (χ0n) is 11.4. The summed E-state index contributed by atoms with van der Waals surface area (Å²) in [5.74, 6) is 2.61. The molecule has 0 N–H and O–H groups in total. The largest absolute Gasteiger partial charge is 0.439 e. The maximum atomic E-state index is 5.91. The van der Waals surface area contributed by atoms with E-state index in [0.29, 0.717) is 11.8 Å². The summed E-state index contributed by atoms with van der Waals surface area (Å²) in [6.45, 7) is 6.32. The predicted octanol–water partition coefficient (Wildman–Crippen LogP) is 4.72. The molecule has 0 aliphatic carbocycles. The molecule has 0 bridgehead atoms. The summed E-state index contributed by atoms with van der Waals surface area (Å²) in [4.78, 5) is 8.66. The van der Waals surface area contributed by atoms with Crippen LogP contribution in [0.2, 0.25) is 0 Å². The van der Waals surface area contributed by atoms with E-state index < -0.39 is 0 Å². The zero-order chi connectivity index (χ0) is 13.8. The SMILES string of the molecule is CCc1nc(Br)cc(Oc2ccccc2C(C)C)n1. The molecule has 0 amide bonds. The Morgan fingerprint density at radius 2 is 1.95 bits per heavy atom. The quantitative estimate of drug-likeness (QED) is 0.765. The van der Waals surface area contributed by atoms with Gasteiger partial charge >= 0.3 is 0 Å². The molecule has 0 aliphatic rings. The highest BCUT2D eigenvalue weighted by atomic mass is 79.9. The Hall–Kier alpha value is -1.42. The van der Waals surface area contributed by atoms with Crippen molar-refractivity contribution in [2.24, 2.45) is 0 Å². The van der Waals surface area contributed by atoms with Crippen molar-refractivity contribution >= 4 is 15.9 Å². The van der Waals surface area contributed by atoms with Gasteiger partial charge in [-0.3, -0.25) is 0 Å². The number of halogens is 1. The molecule has 1 heterocycles. The van der Waals surface area contributed by atoms with Gasteiger partial charge in [0, 0.05) is 12.5 Å². The van der Waals surface area contributed by atoms with Crippen molar-refractivity contribution in [2.45, 2.75) is 33.1 Å². The molecule has 0 saturated heterocycles. The monoisotopic (exact) mass is 320 g/mol.